The summed E-state index contributed by atoms with van der Waals surface area (Å²) in [5, 5.41) is 20.0. The van der Waals surface area contributed by atoms with Gasteiger partial charge in [-0.1, -0.05) is 25.5 Å². The van der Waals surface area contributed by atoms with Gasteiger partial charge in [0.05, 0.1) is 11.3 Å². The Hall–Kier alpha value is -4.04. The fourth-order valence-corrected chi connectivity index (χ4v) is 3.40. The van der Waals surface area contributed by atoms with E-state index in [0.29, 0.717) is 29.6 Å². The predicted octanol–water partition coefficient (Wildman–Crippen LogP) is 4.94. The van der Waals surface area contributed by atoms with Crippen molar-refractivity contribution in [2.24, 2.45) is 0 Å². The highest BCUT2D eigenvalue weighted by Gasteiger charge is 2.16. The lowest BCUT2D eigenvalue weighted by Gasteiger charge is -2.15. The molecule has 3 N–H and O–H groups in total. The van der Waals surface area contributed by atoms with E-state index in [1.54, 1.807) is 30.3 Å². The topological polar surface area (TPSA) is 113 Å². The molecule has 0 fully saturated rings. The van der Waals surface area contributed by atoms with Gasteiger partial charge in [0.1, 0.15) is 30.2 Å². The molecule has 35 heavy (non-hydrogen) atoms. The first-order chi connectivity index (χ1) is 16.8. The second-order valence-electron chi connectivity index (χ2n) is 7.54. The Bertz CT molecular complexity index is 1210. The van der Waals surface area contributed by atoms with Gasteiger partial charge in [-0.15, -0.1) is 0 Å². The Morgan fingerprint density at radius 1 is 1.09 bits per heavy atom. The molecule has 8 heteroatoms. The number of ether oxygens (including phenoxy) is 1. The lowest BCUT2D eigenvalue weighted by molar-refractivity contribution is 0.101. The fourth-order valence-electron chi connectivity index (χ4n) is 3.40. The lowest BCUT2D eigenvalue weighted by Crippen LogP contribution is -2.14. The van der Waals surface area contributed by atoms with Gasteiger partial charge >= 0.3 is 0 Å². The molecule has 3 rings (SSSR count). The molecule has 184 valence electrons. The number of aromatic hydroxyl groups is 1. The summed E-state index contributed by atoms with van der Waals surface area (Å²) in [6, 6.07) is 13.5. The van der Waals surface area contributed by atoms with E-state index in [1.807, 2.05) is 6.92 Å². The quantitative estimate of drug-likeness (QED) is 0.295. The molecule has 0 saturated heterocycles. The van der Waals surface area contributed by atoms with Crippen LogP contribution in [0.3, 0.4) is 0 Å². The standard InChI is InChI=1S/C26H24FNO5.CH4O/c1-3-5-21-24(11-9-20(16(2)30)25(21)31)33-15-18-6-4-7-19(12-18)26(32)28-23-13-17(14-29)8-10-22(23)27;1-2/h4,6-14,31H,3,5,15H2,1-2H3,(H,28,32);2H,1H3. The normalized spacial score (nSPS) is 10.1. The van der Waals surface area contributed by atoms with Crippen molar-refractivity contribution in [1.82, 2.24) is 0 Å². The first-order valence-electron chi connectivity index (χ1n) is 10.9. The highest BCUT2D eigenvalue weighted by atomic mass is 19.1. The van der Waals surface area contributed by atoms with Crippen LogP contribution in [-0.2, 0) is 13.0 Å². The summed E-state index contributed by atoms with van der Waals surface area (Å²) < 4.78 is 19.9. The highest BCUT2D eigenvalue weighted by molar-refractivity contribution is 6.04. The average molecular weight is 482 g/mol. The number of aliphatic hydroxyl groups is 1. The number of Topliss-reactive ketones (excluding diaryl/α,β-unsaturated/α-hetero) is 1. The van der Waals surface area contributed by atoms with E-state index in [9.17, 15) is 23.9 Å². The number of phenolic OH excluding ortho intramolecular Hbond substituents is 1. The summed E-state index contributed by atoms with van der Waals surface area (Å²) in [7, 11) is 1.00. The van der Waals surface area contributed by atoms with Crippen LogP contribution < -0.4 is 10.1 Å². The molecule has 3 aromatic carbocycles. The summed E-state index contributed by atoms with van der Waals surface area (Å²) in [6.45, 7) is 3.47. The number of aliphatic hydroxyl groups excluding tert-OH is 1. The molecule has 0 aliphatic heterocycles. The summed E-state index contributed by atoms with van der Waals surface area (Å²) in [4.78, 5) is 35.2. The number of halogens is 1. The van der Waals surface area contributed by atoms with Crippen molar-refractivity contribution < 1.29 is 33.7 Å². The maximum absolute atomic E-state index is 14.0. The minimum atomic E-state index is -0.647. The first-order valence-corrected chi connectivity index (χ1v) is 10.9. The predicted molar refractivity (Wildman–Crippen MR) is 131 cm³/mol. The number of benzene rings is 3. The molecular formula is C27H28FNO6. The number of amides is 1. The van der Waals surface area contributed by atoms with Crippen molar-refractivity contribution in [3.63, 3.8) is 0 Å². The minimum Gasteiger partial charge on any atom is -0.507 e. The van der Waals surface area contributed by atoms with Crippen molar-refractivity contribution in [1.29, 1.82) is 0 Å². The van der Waals surface area contributed by atoms with Gasteiger partial charge < -0.3 is 20.3 Å². The van der Waals surface area contributed by atoms with Gasteiger partial charge in [0.2, 0.25) is 0 Å². The number of hydrogen-bond donors (Lipinski definition) is 3. The number of anilines is 1. The van der Waals surface area contributed by atoms with Crippen molar-refractivity contribution >= 4 is 23.7 Å². The zero-order valence-corrected chi connectivity index (χ0v) is 19.8. The number of rotatable bonds is 9. The summed E-state index contributed by atoms with van der Waals surface area (Å²) in [5.74, 6) is -1.03. The van der Waals surface area contributed by atoms with Crippen LogP contribution in [0.15, 0.2) is 54.6 Å². The van der Waals surface area contributed by atoms with Crippen molar-refractivity contribution in [3.8, 4) is 11.5 Å². The maximum atomic E-state index is 14.0. The second kappa shape index (κ2) is 13.0. The van der Waals surface area contributed by atoms with Crippen LogP contribution in [-0.4, -0.2) is 35.3 Å². The zero-order valence-electron chi connectivity index (χ0n) is 19.8. The average Bonchev–Trinajstić information content (AvgIpc) is 2.87. The molecule has 7 nitrogen and oxygen atoms in total. The molecule has 0 atom stereocenters. The minimum absolute atomic E-state index is 0.0745. The van der Waals surface area contributed by atoms with Crippen LogP contribution in [0.5, 0.6) is 11.5 Å². The lowest BCUT2D eigenvalue weighted by atomic mass is 10.0. The van der Waals surface area contributed by atoms with Crippen molar-refractivity contribution in [3.05, 3.63) is 88.2 Å². The molecule has 0 heterocycles. The van der Waals surface area contributed by atoms with Crippen LogP contribution in [0.25, 0.3) is 0 Å². The highest BCUT2D eigenvalue weighted by Crippen LogP contribution is 2.33. The van der Waals surface area contributed by atoms with Gasteiger partial charge in [0, 0.05) is 23.8 Å². The third-order valence-corrected chi connectivity index (χ3v) is 5.08. The Morgan fingerprint density at radius 2 is 1.83 bits per heavy atom. The molecule has 0 aliphatic rings. The Labute approximate surface area is 203 Å². The summed E-state index contributed by atoms with van der Waals surface area (Å²) in [5.41, 5.74) is 1.94. The van der Waals surface area contributed by atoms with Crippen molar-refractivity contribution in [2.45, 2.75) is 33.3 Å². The maximum Gasteiger partial charge on any atom is 0.255 e. The van der Waals surface area contributed by atoms with Gasteiger partial charge in [-0.2, -0.15) is 0 Å². The molecule has 1 amide bonds. The van der Waals surface area contributed by atoms with Crippen LogP contribution >= 0.6 is 0 Å². The van der Waals surface area contributed by atoms with E-state index in [4.69, 9.17) is 9.84 Å². The number of phenols is 1. The molecular weight excluding hydrogens is 453 g/mol. The summed E-state index contributed by atoms with van der Waals surface area (Å²) >= 11 is 0. The smallest absolute Gasteiger partial charge is 0.255 e. The third-order valence-electron chi connectivity index (χ3n) is 5.08. The molecule has 0 saturated carbocycles. The fraction of sp³-hybridized carbons (Fsp3) is 0.222. The molecule has 3 aromatic rings. The van der Waals surface area contributed by atoms with Crippen LogP contribution in [0.1, 0.15) is 62.5 Å². The van der Waals surface area contributed by atoms with Gasteiger partial charge in [-0.25, -0.2) is 4.39 Å². The first kappa shape index (κ1) is 27.2. The number of nitrogens with one attached hydrogen (secondary N) is 1. The molecule has 0 unspecified atom stereocenters. The molecule has 0 bridgehead atoms. The van der Waals surface area contributed by atoms with E-state index >= 15 is 0 Å². The van der Waals surface area contributed by atoms with Gasteiger partial charge in [-0.05, 0) is 61.4 Å². The van der Waals surface area contributed by atoms with E-state index < -0.39 is 11.7 Å². The largest absolute Gasteiger partial charge is 0.507 e. The van der Waals surface area contributed by atoms with Gasteiger partial charge in [-0.3, -0.25) is 14.4 Å². The monoisotopic (exact) mass is 481 g/mol. The number of ketones is 1. The van der Waals surface area contributed by atoms with E-state index in [1.165, 1.54) is 25.1 Å². The number of carbonyl (C=O) groups is 3. The molecule has 0 aliphatic carbocycles. The van der Waals surface area contributed by atoms with E-state index in [-0.39, 0.29) is 40.5 Å². The van der Waals surface area contributed by atoms with Crippen molar-refractivity contribution in [2.75, 3.05) is 12.4 Å². The Balaban J connectivity index is 0.00000210. The van der Waals surface area contributed by atoms with Gasteiger partial charge in [0.15, 0.2) is 5.78 Å². The SMILES string of the molecule is CCCc1c(OCc2cccc(C(=O)Nc3cc(C=O)ccc3F)c2)ccc(C(C)=O)c1O.CO. The molecule has 0 radical (unpaired) electrons. The van der Waals surface area contributed by atoms with Gasteiger partial charge in [0.25, 0.3) is 5.91 Å². The number of aldehydes is 1. The van der Waals surface area contributed by atoms with Crippen LogP contribution in [0, 0.1) is 5.82 Å². The molecule has 0 aromatic heterocycles. The summed E-state index contributed by atoms with van der Waals surface area (Å²) in [6.07, 6.45) is 1.86. The van der Waals surface area contributed by atoms with Crippen LogP contribution in [0.4, 0.5) is 10.1 Å². The van der Waals surface area contributed by atoms with Crippen LogP contribution in [0.2, 0.25) is 0 Å². The zero-order chi connectivity index (χ0) is 26.0. The van der Waals surface area contributed by atoms with E-state index in [2.05, 4.69) is 5.32 Å². The number of carbonyl (C=O) groups excluding carboxylic acids is 3. The second-order valence-corrected chi connectivity index (χ2v) is 7.54. The van der Waals surface area contributed by atoms with E-state index in [0.717, 1.165) is 19.6 Å². The number of hydrogen-bond acceptors (Lipinski definition) is 6. The Kier molecular flexibility index (Phi) is 10.1. The third kappa shape index (κ3) is 6.97. The molecule has 0 spiro atoms. The Morgan fingerprint density at radius 3 is 2.49 bits per heavy atom.